The molecule has 36 heavy (non-hydrogen) atoms. The summed E-state index contributed by atoms with van der Waals surface area (Å²) in [4.78, 5) is 19.9. The number of ether oxygens (including phenoxy) is 2. The van der Waals surface area contributed by atoms with Gasteiger partial charge >= 0.3 is 0 Å². The molecule has 1 aromatic carbocycles. The number of hydrogen-bond donors (Lipinski definition) is 1. The van der Waals surface area contributed by atoms with Gasteiger partial charge in [-0.2, -0.15) is 0 Å². The van der Waals surface area contributed by atoms with Crippen LogP contribution in [0.4, 0.5) is 5.69 Å². The van der Waals surface area contributed by atoms with Gasteiger partial charge in [-0.15, -0.1) is 21.5 Å². The molecule has 0 saturated carbocycles. The number of rotatable bonds is 9. The van der Waals surface area contributed by atoms with Crippen LogP contribution in [-0.4, -0.2) is 49.7 Å². The lowest BCUT2D eigenvalue weighted by Gasteiger charge is -2.33. The van der Waals surface area contributed by atoms with Crippen LogP contribution >= 0.6 is 34.9 Å². The van der Waals surface area contributed by atoms with Crippen LogP contribution in [0.1, 0.15) is 44.1 Å². The molecular formula is C25H29N5O3S3. The molecule has 1 aliphatic rings. The Balaban J connectivity index is 1.46. The number of carbonyl (C=O) groups excluding carboxylic acids is 1. The Kier molecular flexibility index (Phi) is 7.43. The first kappa shape index (κ1) is 25.3. The molecule has 1 atom stereocenters. The molecule has 0 fully saturated rings. The molecule has 0 aliphatic carbocycles. The molecule has 8 nitrogen and oxygen atoms in total. The van der Waals surface area contributed by atoms with E-state index in [9.17, 15) is 4.79 Å². The zero-order chi connectivity index (χ0) is 25.3. The summed E-state index contributed by atoms with van der Waals surface area (Å²) in [5, 5.41) is 14.6. The summed E-state index contributed by atoms with van der Waals surface area (Å²) < 4.78 is 13.4. The first-order valence-corrected chi connectivity index (χ1v) is 14.8. The molecule has 0 unspecified atom stereocenters. The molecule has 0 spiro atoms. The van der Waals surface area contributed by atoms with E-state index in [4.69, 9.17) is 14.5 Å². The fourth-order valence-electron chi connectivity index (χ4n) is 4.13. The van der Waals surface area contributed by atoms with Gasteiger partial charge in [-0.3, -0.25) is 4.79 Å². The van der Waals surface area contributed by atoms with Gasteiger partial charge in [-0.25, -0.2) is 9.38 Å². The van der Waals surface area contributed by atoms with Crippen molar-refractivity contribution in [2.45, 2.75) is 62.6 Å². The number of benzene rings is 1. The van der Waals surface area contributed by atoms with E-state index in [1.165, 1.54) is 22.2 Å². The molecule has 5 rings (SSSR count). The Morgan fingerprint density at radius 1 is 1.22 bits per heavy atom. The number of amides is 1. The standard InChI is InChI=1S/C25H29N5O3S3/c1-5-11-34-23-27-22-20(17-12-25(3,6-2)33-13-18(17)36-22)21-28-29-24(30(21)23)35-14-19(31)26-15-7-9-16(32-4)10-8-15/h7-10H,5-6,11-14H2,1-4H3,(H,26,31)/t25-/m0/s1. The molecule has 190 valence electrons. The second kappa shape index (κ2) is 10.6. The smallest absolute Gasteiger partial charge is 0.234 e. The molecule has 0 bridgehead atoms. The molecule has 3 aromatic heterocycles. The molecule has 1 amide bonds. The summed E-state index contributed by atoms with van der Waals surface area (Å²) in [5.74, 6) is 1.79. The monoisotopic (exact) mass is 543 g/mol. The Labute approximate surface area is 222 Å². The molecule has 4 aromatic rings. The maximum Gasteiger partial charge on any atom is 0.234 e. The highest BCUT2D eigenvalue weighted by Gasteiger charge is 2.33. The van der Waals surface area contributed by atoms with Crippen LogP contribution in [0.2, 0.25) is 0 Å². The number of thiophene rings is 1. The number of nitrogens with one attached hydrogen (secondary N) is 1. The summed E-state index contributed by atoms with van der Waals surface area (Å²) in [6, 6.07) is 7.28. The van der Waals surface area contributed by atoms with Gasteiger partial charge in [0.15, 0.2) is 16.0 Å². The quantitative estimate of drug-likeness (QED) is 0.209. The summed E-state index contributed by atoms with van der Waals surface area (Å²) >= 11 is 4.76. The largest absolute Gasteiger partial charge is 0.497 e. The predicted molar refractivity (Wildman–Crippen MR) is 147 cm³/mol. The number of methoxy groups -OCH3 is 1. The van der Waals surface area contributed by atoms with Crippen molar-refractivity contribution in [2.75, 3.05) is 23.9 Å². The minimum absolute atomic E-state index is 0.109. The normalized spacial score (nSPS) is 17.4. The van der Waals surface area contributed by atoms with E-state index >= 15 is 0 Å². The van der Waals surface area contributed by atoms with Gasteiger partial charge in [0.05, 0.1) is 30.5 Å². The fraction of sp³-hybridized carbons (Fsp3) is 0.440. The average Bonchev–Trinajstić information content (AvgIpc) is 3.47. The minimum atomic E-state index is -0.190. The summed E-state index contributed by atoms with van der Waals surface area (Å²) in [6.45, 7) is 7.09. The van der Waals surface area contributed by atoms with Crippen molar-refractivity contribution in [3.05, 3.63) is 34.7 Å². The minimum Gasteiger partial charge on any atom is -0.497 e. The third-order valence-electron chi connectivity index (χ3n) is 6.31. The van der Waals surface area contributed by atoms with Crippen LogP contribution in [0.3, 0.4) is 0 Å². The number of anilines is 1. The number of carbonyl (C=O) groups is 1. The molecule has 4 heterocycles. The van der Waals surface area contributed by atoms with E-state index in [2.05, 4.69) is 36.3 Å². The van der Waals surface area contributed by atoms with Gasteiger partial charge in [0.2, 0.25) is 5.91 Å². The van der Waals surface area contributed by atoms with Crippen molar-refractivity contribution in [2.24, 2.45) is 0 Å². The topological polar surface area (TPSA) is 90.6 Å². The highest BCUT2D eigenvalue weighted by Crippen LogP contribution is 2.42. The molecule has 11 heteroatoms. The second-order valence-electron chi connectivity index (χ2n) is 8.90. The van der Waals surface area contributed by atoms with Crippen molar-refractivity contribution in [3.8, 4) is 5.75 Å². The molecule has 1 N–H and O–H groups in total. The Hall–Kier alpha value is -2.34. The van der Waals surface area contributed by atoms with E-state index in [0.717, 1.165) is 57.5 Å². The lowest BCUT2D eigenvalue weighted by atomic mass is 9.90. The van der Waals surface area contributed by atoms with Crippen LogP contribution < -0.4 is 10.1 Å². The Morgan fingerprint density at radius 2 is 2.03 bits per heavy atom. The van der Waals surface area contributed by atoms with Crippen LogP contribution in [-0.2, 0) is 22.6 Å². The Morgan fingerprint density at radius 3 is 2.75 bits per heavy atom. The fourth-order valence-corrected chi connectivity index (χ4v) is 6.92. The first-order valence-electron chi connectivity index (χ1n) is 12.0. The lowest BCUT2D eigenvalue weighted by Crippen LogP contribution is -2.33. The lowest BCUT2D eigenvalue weighted by molar-refractivity contribution is -0.113. The number of nitrogens with zero attached hydrogens (tertiary/aromatic N) is 4. The van der Waals surface area contributed by atoms with Crippen LogP contribution in [0.5, 0.6) is 5.75 Å². The number of aromatic nitrogens is 4. The molecule has 0 saturated heterocycles. The van der Waals surface area contributed by atoms with Crippen molar-refractivity contribution in [3.63, 3.8) is 0 Å². The van der Waals surface area contributed by atoms with Crippen LogP contribution in [0.15, 0.2) is 34.6 Å². The van der Waals surface area contributed by atoms with Gasteiger partial charge in [0, 0.05) is 22.7 Å². The highest BCUT2D eigenvalue weighted by molar-refractivity contribution is 8.00. The maximum atomic E-state index is 12.7. The van der Waals surface area contributed by atoms with Crippen molar-refractivity contribution >= 4 is 62.3 Å². The predicted octanol–water partition coefficient (Wildman–Crippen LogP) is 5.82. The summed E-state index contributed by atoms with van der Waals surface area (Å²) in [7, 11) is 1.62. The number of thioether (sulfide) groups is 2. The SMILES string of the molecule is CCCSc1nc2sc3c(c2c2nnc(SCC(=O)Nc4ccc(OC)cc4)n12)C[C@](C)(CC)OC3. The van der Waals surface area contributed by atoms with E-state index in [1.807, 2.05) is 28.7 Å². The molecule has 1 aliphatic heterocycles. The molecular weight excluding hydrogens is 515 g/mol. The van der Waals surface area contributed by atoms with Gasteiger partial charge in [-0.1, -0.05) is 37.4 Å². The van der Waals surface area contributed by atoms with Gasteiger partial charge < -0.3 is 14.8 Å². The van der Waals surface area contributed by atoms with Gasteiger partial charge in [-0.05, 0) is 49.6 Å². The average molecular weight is 544 g/mol. The van der Waals surface area contributed by atoms with Crippen molar-refractivity contribution < 1.29 is 14.3 Å². The maximum absolute atomic E-state index is 12.7. The zero-order valence-corrected chi connectivity index (χ0v) is 23.2. The van der Waals surface area contributed by atoms with Gasteiger partial charge in [0.25, 0.3) is 0 Å². The summed E-state index contributed by atoms with van der Waals surface area (Å²) in [6.07, 6.45) is 2.80. The highest BCUT2D eigenvalue weighted by atomic mass is 32.2. The summed E-state index contributed by atoms with van der Waals surface area (Å²) in [5.41, 5.74) is 2.62. The van der Waals surface area contributed by atoms with Gasteiger partial charge in [0.1, 0.15) is 10.6 Å². The van der Waals surface area contributed by atoms with E-state index in [-0.39, 0.29) is 17.3 Å². The van der Waals surface area contributed by atoms with E-state index in [0.29, 0.717) is 11.8 Å². The van der Waals surface area contributed by atoms with Crippen LogP contribution in [0, 0.1) is 0 Å². The molecule has 0 radical (unpaired) electrons. The van der Waals surface area contributed by atoms with E-state index < -0.39 is 0 Å². The van der Waals surface area contributed by atoms with Crippen molar-refractivity contribution in [1.29, 1.82) is 0 Å². The Bertz CT molecular complexity index is 1400. The zero-order valence-electron chi connectivity index (χ0n) is 20.8. The van der Waals surface area contributed by atoms with Crippen molar-refractivity contribution in [1.82, 2.24) is 19.6 Å². The van der Waals surface area contributed by atoms with E-state index in [1.54, 1.807) is 30.2 Å². The second-order valence-corrected chi connectivity index (χ2v) is 12.0. The third kappa shape index (κ3) is 4.93. The number of hydrogen-bond acceptors (Lipinski definition) is 9. The number of fused-ring (bicyclic) bond motifs is 5. The third-order valence-corrected chi connectivity index (χ3v) is 9.48. The first-order chi connectivity index (χ1) is 17.4. The van der Waals surface area contributed by atoms with Crippen LogP contribution in [0.25, 0.3) is 15.9 Å².